The van der Waals surface area contributed by atoms with E-state index in [1.807, 2.05) is 12.1 Å². The summed E-state index contributed by atoms with van der Waals surface area (Å²) in [4.78, 5) is 0. The quantitative estimate of drug-likeness (QED) is 0.170. The molecule has 56 heavy (non-hydrogen) atoms. The molecule has 2 heterocycles. The lowest BCUT2D eigenvalue weighted by molar-refractivity contribution is 0.669. The Kier molecular flexibility index (Phi) is 6.66. The standard InChI is InChI=1S/C54H32O2/c1-2-15-33(16-3-1)35-31-34-17-4-5-18-36(34)47(32-35)51-40-22-8-6-20-38(40)50(39-21-7-9-23-41(39)51)46-30-29-42(52-45-24-11-13-28-49(45)56-54(46)52)44-26-14-25-43-37-19-10-12-27-48(37)55-53(43)44/h1-32H. The van der Waals surface area contributed by atoms with E-state index in [2.05, 4.69) is 182 Å². The summed E-state index contributed by atoms with van der Waals surface area (Å²) < 4.78 is 13.6. The zero-order valence-electron chi connectivity index (χ0n) is 30.3. The summed E-state index contributed by atoms with van der Waals surface area (Å²) in [5.41, 5.74) is 12.8. The van der Waals surface area contributed by atoms with Gasteiger partial charge in [0.1, 0.15) is 22.3 Å². The highest BCUT2D eigenvalue weighted by atomic mass is 16.3. The molecular weight excluding hydrogens is 681 g/mol. The van der Waals surface area contributed by atoms with Gasteiger partial charge in [0.05, 0.1) is 0 Å². The maximum Gasteiger partial charge on any atom is 0.143 e. The molecule has 2 heteroatoms. The van der Waals surface area contributed by atoms with E-state index < -0.39 is 0 Å². The van der Waals surface area contributed by atoms with Crippen LogP contribution >= 0.6 is 0 Å². The Balaban J connectivity index is 1.19. The average Bonchev–Trinajstić information content (AvgIpc) is 3.85. The van der Waals surface area contributed by atoms with E-state index in [0.717, 1.165) is 60.6 Å². The van der Waals surface area contributed by atoms with Crippen molar-refractivity contribution < 1.29 is 8.83 Å². The van der Waals surface area contributed by atoms with Crippen molar-refractivity contribution in [3.63, 3.8) is 0 Å². The lowest BCUT2D eigenvalue weighted by atomic mass is 9.83. The maximum absolute atomic E-state index is 6.98. The van der Waals surface area contributed by atoms with Crippen LogP contribution in [0, 0.1) is 0 Å². The monoisotopic (exact) mass is 712 g/mol. The predicted molar refractivity (Wildman–Crippen MR) is 235 cm³/mol. The Hall–Kier alpha value is -7.42. The Bertz CT molecular complexity index is 3470. The van der Waals surface area contributed by atoms with Gasteiger partial charge in [-0.2, -0.15) is 0 Å². The first-order chi connectivity index (χ1) is 27.8. The second kappa shape index (κ2) is 12.0. The Morgan fingerprint density at radius 1 is 0.268 bits per heavy atom. The summed E-state index contributed by atoms with van der Waals surface area (Å²) in [6.07, 6.45) is 0. The highest BCUT2D eigenvalue weighted by molar-refractivity contribution is 6.27. The number of benzene rings is 10. The van der Waals surface area contributed by atoms with E-state index in [0.29, 0.717) is 0 Å². The van der Waals surface area contributed by atoms with Gasteiger partial charge in [-0.1, -0.05) is 164 Å². The molecule has 0 spiro atoms. The molecule has 0 fully saturated rings. The largest absolute Gasteiger partial charge is 0.455 e. The van der Waals surface area contributed by atoms with Gasteiger partial charge in [-0.05, 0) is 90.5 Å². The number of fused-ring (bicyclic) bond motifs is 9. The van der Waals surface area contributed by atoms with Gasteiger partial charge in [-0.15, -0.1) is 0 Å². The summed E-state index contributed by atoms with van der Waals surface area (Å²) in [5, 5.41) is 11.6. The first kappa shape index (κ1) is 31.0. The Morgan fingerprint density at radius 3 is 1.50 bits per heavy atom. The molecule has 12 aromatic rings. The minimum absolute atomic E-state index is 0.863. The fourth-order valence-corrected chi connectivity index (χ4v) is 9.23. The molecule has 10 aromatic carbocycles. The van der Waals surface area contributed by atoms with Crippen LogP contribution in [0.2, 0.25) is 0 Å². The minimum Gasteiger partial charge on any atom is -0.455 e. The van der Waals surface area contributed by atoms with Crippen molar-refractivity contribution in [3.8, 4) is 44.5 Å². The van der Waals surface area contributed by atoms with Crippen LogP contribution in [0.15, 0.2) is 203 Å². The van der Waals surface area contributed by atoms with E-state index in [-0.39, 0.29) is 0 Å². The van der Waals surface area contributed by atoms with E-state index in [1.54, 1.807) is 0 Å². The fraction of sp³-hybridized carbons (Fsp3) is 0. The Morgan fingerprint density at radius 2 is 0.786 bits per heavy atom. The number of hydrogen-bond donors (Lipinski definition) is 0. The lowest BCUT2D eigenvalue weighted by Crippen LogP contribution is -1.93. The highest BCUT2D eigenvalue weighted by Gasteiger charge is 2.24. The van der Waals surface area contributed by atoms with Crippen molar-refractivity contribution >= 4 is 76.2 Å². The summed E-state index contributed by atoms with van der Waals surface area (Å²) in [6, 6.07) is 69.7. The number of hydrogen-bond acceptors (Lipinski definition) is 2. The maximum atomic E-state index is 6.98. The number of furan rings is 2. The lowest BCUT2D eigenvalue weighted by Gasteiger charge is -2.20. The van der Waals surface area contributed by atoms with Crippen LogP contribution in [-0.4, -0.2) is 0 Å². The molecule has 0 radical (unpaired) electrons. The fourth-order valence-electron chi connectivity index (χ4n) is 9.23. The molecule has 0 aliphatic rings. The van der Waals surface area contributed by atoms with Crippen LogP contribution in [0.5, 0.6) is 0 Å². The van der Waals surface area contributed by atoms with E-state index >= 15 is 0 Å². The van der Waals surface area contributed by atoms with Crippen LogP contribution < -0.4 is 0 Å². The number of rotatable bonds is 4. The third-order valence-electron chi connectivity index (χ3n) is 11.7. The second-order valence-corrected chi connectivity index (χ2v) is 14.7. The van der Waals surface area contributed by atoms with Gasteiger partial charge in [-0.3, -0.25) is 0 Å². The van der Waals surface area contributed by atoms with E-state index in [9.17, 15) is 0 Å². The zero-order chi connectivity index (χ0) is 36.7. The molecule has 2 aromatic heterocycles. The van der Waals surface area contributed by atoms with E-state index in [1.165, 1.54) is 60.1 Å². The molecule has 0 aliphatic heterocycles. The third kappa shape index (κ3) is 4.50. The van der Waals surface area contributed by atoms with Gasteiger partial charge in [-0.25, -0.2) is 0 Å². The van der Waals surface area contributed by atoms with Gasteiger partial charge in [0, 0.05) is 38.2 Å². The zero-order valence-corrected chi connectivity index (χ0v) is 30.3. The van der Waals surface area contributed by atoms with Gasteiger partial charge < -0.3 is 8.83 Å². The average molecular weight is 713 g/mol. The minimum atomic E-state index is 0.863. The first-order valence-electron chi connectivity index (χ1n) is 19.2. The number of para-hydroxylation sites is 3. The highest BCUT2D eigenvalue weighted by Crippen LogP contribution is 2.50. The normalized spacial score (nSPS) is 11.9. The van der Waals surface area contributed by atoms with Crippen LogP contribution in [0.25, 0.3) is 121 Å². The van der Waals surface area contributed by atoms with Crippen molar-refractivity contribution in [1.29, 1.82) is 0 Å². The molecule has 0 aliphatic carbocycles. The van der Waals surface area contributed by atoms with Gasteiger partial charge in [0.25, 0.3) is 0 Å². The van der Waals surface area contributed by atoms with Crippen molar-refractivity contribution in [3.05, 3.63) is 194 Å². The molecule has 0 bridgehead atoms. The van der Waals surface area contributed by atoms with Crippen LogP contribution in [0.4, 0.5) is 0 Å². The molecule has 0 amide bonds. The molecule has 2 nitrogen and oxygen atoms in total. The Labute approximate surface area is 322 Å². The van der Waals surface area contributed by atoms with Gasteiger partial charge >= 0.3 is 0 Å². The molecule has 0 saturated carbocycles. The molecular formula is C54H32O2. The van der Waals surface area contributed by atoms with Crippen LogP contribution in [0.1, 0.15) is 0 Å². The smallest absolute Gasteiger partial charge is 0.143 e. The van der Waals surface area contributed by atoms with E-state index in [4.69, 9.17) is 8.83 Å². The molecule has 12 rings (SSSR count). The van der Waals surface area contributed by atoms with Gasteiger partial charge in [0.2, 0.25) is 0 Å². The predicted octanol–water partition coefficient (Wildman–Crippen LogP) is 15.6. The topological polar surface area (TPSA) is 26.3 Å². The summed E-state index contributed by atoms with van der Waals surface area (Å²) >= 11 is 0. The van der Waals surface area contributed by atoms with Crippen LogP contribution in [-0.2, 0) is 0 Å². The molecule has 260 valence electrons. The molecule has 0 N–H and O–H groups in total. The molecule has 0 atom stereocenters. The van der Waals surface area contributed by atoms with Crippen molar-refractivity contribution in [2.24, 2.45) is 0 Å². The first-order valence-corrected chi connectivity index (χ1v) is 19.2. The SMILES string of the molecule is c1ccc(-c2cc(-c3c4ccccc4c(-c4ccc(-c5cccc6c5oc5ccccc56)c5c4oc4ccccc45)c4ccccc34)c3ccccc3c2)cc1. The second-order valence-electron chi connectivity index (χ2n) is 14.7. The van der Waals surface area contributed by atoms with Crippen LogP contribution in [0.3, 0.4) is 0 Å². The summed E-state index contributed by atoms with van der Waals surface area (Å²) in [7, 11) is 0. The van der Waals surface area contributed by atoms with Crippen molar-refractivity contribution in [2.75, 3.05) is 0 Å². The third-order valence-corrected chi connectivity index (χ3v) is 11.7. The summed E-state index contributed by atoms with van der Waals surface area (Å²) in [5.74, 6) is 0. The van der Waals surface area contributed by atoms with Crippen molar-refractivity contribution in [1.82, 2.24) is 0 Å². The molecule has 0 saturated heterocycles. The van der Waals surface area contributed by atoms with Crippen molar-refractivity contribution in [2.45, 2.75) is 0 Å². The van der Waals surface area contributed by atoms with Gasteiger partial charge in [0.15, 0.2) is 0 Å². The summed E-state index contributed by atoms with van der Waals surface area (Å²) in [6.45, 7) is 0. The molecule has 0 unspecified atom stereocenters.